The Labute approximate surface area is 207 Å². The van der Waals surface area contributed by atoms with E-state index in [1.54, 1.807) is 12.1 Å². The van der Waals surface area contributed by atoms with Crippen molar-refractivity contribution in [1.82, 2.24) is 10.6 Å². The van der Waals surface area contributed by atoms with Gasteiger partial charge in [0.15, 0.2) is 9.84 Å². The van der Waals surface area contributed by atoms with Gasteiger partial charge in [-0.05, 0) is 55.5 Å². The van der Waals surface area contributed by atoms with Crippen molar-refractivity contribution in [3.63, 3.8) is 0 Å². The molecule has 196 valence electrons. The fraction of sp³-hybridized carbons (Fsp3) is 0.440. The van der Waals surface area contributed by atoms with Crippen LogP contribution in [0.15, 0.2) is 53.4 Å². The molecule has 0 heterocycles. The lowest BCUT2D eigenvalue weighted by molar-refractivity contribution is -0.161. The molecule has 3 N–H and O–H groups in total. The zero-order valence-electron chi connectivity index (χ0n) is 20.1. The van der Waals surface area contributed by atoms with Crippen molar-refractivity contribution in [2.75, 3.05) is 6.26 Å². The number of amides is 1. The molecule has 0 saturated heterocycles. The van der Waals surface area contributed by atoms with Gasteiger partial charge in [-0.15, -0.1) is 0 Å². The summed E-state index contributed by atoms with van der Waals surface area (Å²) in [5.41, 5.74) is -1.78. The average Bonchev–Trinajstić information content (AvgIpc) is 3.54. The highest BCUT2D eigenvalue weighted by Gasteiger charge is 2.47. The van der Waals surface area contributed by atoms with Crippen molar-refractivity contribution in [3.05, 3.63) is 54.1 Å². The van der Waals surface area contributed by atoms with Crippen molar-refractivity contribution in [2.45, 2.75) is 67.5 Å². The Morgan fingerprint density at radius 2 is 1.53 bits per heavy atom. The van der Waals surface area contributed by atoms with Crippen LogP contribution in [0.1, 0.15) is 44.7 Å². The predicted molar refractivity (Wildman–Crippen MR) is 129 cm³/mol. The van der Waals surface area contributed by atoms with E-state index in [9.17, 15) is 30.8 Å². The molecule has 1 amide bonds. The van der Waals surface area contributed by atoms with Gasteiger partial charge >= 0.3 is 6.18 Å². The number of rotatable bonds is 10. The first-order valence-corrected chi connectivity index (χ1v) is 13.2. The molecule has 0 radical (unpaired) electrons. The molecule has 1 fully saturated rings. The van der Waals surface area contributed by atoms with Gasteiger partial charge in [0.2, 0.25) is 5.91 Å². The summed E-state index contributed by atoms with van der Waals surface area (Å²) in [7, 11) is -3.38. The van der Waals surface area contributed by atoms with Gasteiger partial charge in [0.05, 0.1) is 16.5 Å². The summed E-state index contributed by atoms with van der Waals surface area (Å²) in [6.07, 6.45) is -2.15. The normalized spacial score (nSPS) is 17.2. The van der Waals surface area contributed by atoms with E-state index >= 15 is 0 Å². The number of nitrogens with one attached hydrogen (secondary N) is 3. The van der Waals surface area contributed by atoms with Crippen molar-refractivity contribution in [3.8, 4) is 11.1 Å². The Hall–Kier alpha value is -2.79. The monoisotopic (exact) mass is 527 g/mol. The first-order chi connectivity index (χ1) is 16.5. The minimum atomic E-state index is -4.78. The minimum Gasteiger partial charge on any atom is -0.344 e. The van der Waals surface area contributed by atoms with E-state index in [2.05, 4.69) is 10.6 Å². The minimum absolute atomic E-state index is 0.125. The second-order valence-electron chi connectivity index (χ2n) is 9.82. The third kappa shape index (κ3) is 7.13. The molecule has 0 unspecified atom stereocenters. The lowest BCUT2D eigenvalue weighted by atomic mass is 9.96. The van der Waals surface area contributed by atoms with E-state index in [1.165, 1.54) is 50.2 Å². The molecule has 2 atom stereocenters. The average molecular weight is 528 g/mol. The number of benzene rings is 2. The number of alkyl halides is 4. The van der Waals surface area contributed by atoms with E-state index in [0.29, 0.717) is 24.0 Å². The Bertz CT molecular complexity index is 1200. The SMILES string of the molecule is CC(C)(F)C[C@H](N[C@@H](c1ccc(-c2ccc(S(C)(=O)=O)cc2)cc1)C(F)(F)F)C(=O)NC1(C=N)CC1. The van der Waals surface area contributed by atoms with Crippen LogP contribution in [0.2, 0.25) is 0 Å². The van der Waals surface area contributed by atoms with E-state index in [4.69, 9.17) is 5.41 Å². The highest BCUT2D eigenvalue weighted by Crippen LogP contribution is 2.36. The summed E-state index contributed by atoms with van der Waals surface area (Å²) >= 11 is 0. The molecular formula is C25H29F4N3O3S. The quantitative estimate of drug-likeness (QED) is 0.307. The fourth-order valence-corrected chi connectivity index (χ4v) is 4.46. The highest BCUT2D eigenvalue weighted by molar-refractivity contribution is 7.90. The van der Waals surface area contributed by atoms with E-state index in [-0.39, 0.29) is 10.5 Å². The molecule has 1 aliphatic rings. The second-order valence-corrected chi connectivity index (χ2v) is 11.8. The van der Waals surface area contributed by atoms with Crippen LogP contribution in [0.3, 0.4) is 0 Å². The first-order valence-electron chi connectivity index (χ1n) is 11.3. The van der Waals surface area contributed by atoms with Crippen molar-refractivity contribution in [1.29, 1.82) is 5.41 Å². The molecule has 36 heavy (non-hydrogen) atoms. The lowest BCUT2D eigenvalue weighted by Gasteiger charge is -2.30. The highest BCUT2D eigenvalue weighted by atomic mass is 32.2. The Morgan fingerprint density at radius 1 is 1.03 bits per heavy atom. The molecule has 0 aliphatic heterocycles. The molecule has 6 nitrogen and oxygen atoms in total. The van der Waals surface area contributed by atoms with Gasteiger partial charge in [0, 0.05) is 18.9 Å². The van der Waals surface area contributed by atoms with Crippen molar-refractivity contribution >= 4 is 22.0 Å². The van der Waals surface area contributed by atoms with Gasteiger partial charge < -0.3 is 10.7 Å². The number of carbonyl (C=O) groups is 1. The number of hydrogen-bond donors (Lipinski definition) is 3. The van der Waals surface area contributed by atoms with Gasteiger partial charge in [0.1, 0.15) is 11.7 Å². The van der Waals surface area contributed by atoms with Gasteiger partial charge in [-0.3, -0.25) is 10.1 Å². The van der Waals surface area contributed by atoms with Gasteiger partial charge in [-0.2, -0.15) is 13.2 Å². The number of hydrogen-bond acceptors (Lipinski definition) is 5. The summed E-state index contributed by atoms with van der Waals surface area (Å²) in [6, 6.07) is 7.69. The molecule has 0 spiro atoms. The summed E-state index contributed by atoms with van der Waals surface area (Å²) in [4.78, 5) is 12.9. The topological polar surface area (TPSA) is 99.1 Å². The third-order valence-electron chi connectivity index (χ3n) is 6.00. The van der Waals surface area contributed by atoms with Gasteiger partial charge in [0.25, 0.3) is 0 Å². The van der Waals surface area contributed by atoms with Crippen LogP contribution in [0.4, 0.5) is 17.6 Å². The molecule has 11 heteroatoms. The number of halogens is 4. The maximum Gasteiger partial charge on any atom is 0.407 e. The van der Waals surface area contributed by atoms with Crippen LogP contribution in [0.5, 0.6) is 0 Å². The molecule has 2 aromatic carbocycles. The van der Waals surface area contributed by atoms with Crippen molar-refractivity contribution < 1.29 is 30.8 Å². The maximum atomic E-state index is 14.4. The second kappa shape index (κ2) is 9.93. The van der Waals surface area contributed by atoms with E-state index in [0.717, 1.165) is 12.5 Å². The Balaban J connectivity index is 1.86. The van der Waals surface area contributed by atoms with Crippen LogP contribution in [0.25, 0.3) is 11.1 Å². The van der Waals surface area contributed by atoms with Crippen LogP contribution in [-0.4, -0.2) is 50.2 Å². The largest absolute Gasteiger partial charge is 0.407 e. The van der Waals surface area contributed by atoms with E-state index in [1.807, 2.05) is 0 Å². The summed E-state index contributed by atoms with van der Waals surface area (Å²) < 4.78 is 79.9. The summed E-state index contributed by atoms with van der Waals surface area (Å²) in [5, 5.41) is 12.3. The summed E-state index contributed by atoms with van der Waals surface area (Å²) in [6.45, 7) is 2.37. The van der Waals surface area contributed by atoms with Crippen LogP contribution in [0, 0.1) is 5.41 Å². The first kappa shape index (κ1) is 27.8. The fourth-order valence-electron chi connectivity index (χ4n) is 3.83. The zero-order chi connectivity index (χ0) is 26.9. The van der Waals surface area contributed by atoms with Crippen molar-refractivity contribution in [2.24, 2.45) is 0 Å². The molecule has 1 aliphatic carbocycles. The molecule has 1 saturated carbocycles. The molecule has 0 bridgehead atoms. The summed E-state index contributed by atoms with van der Waals surface area (Å²) in [5.74, 6) is -0.793. The van der Waals surface area contributed by atoms with Crippen LogP contribution >= 0.6 is 0 Å². The smallest absolute Gasteiger partial charge is 0.344 e. The number of carbonyl (C=O) groups excluding carboxylic acids is 1. The molecule has 0 aromatic heterocycles. The Morgan fingerprint density at radius 3 is 1.92 bits per heavy atom. The van der Waals surface area contributed by atoms with Crippen LogP contribution in [-0.2, 0) is 14.6 Å². The third-order valence-corrected chi connectivity index (χ3v) is 7.13. The molecule has 2 aromatic rings. The molecular weight excluding hydrogens is 498 g/mol. The molecule has 3 rings (SSSR count). The van der Waals surface area contributed by atoms with E-state index < -0.39 is 51.6 Å². The number of sulfone groups is 1. The van der Waals surface area contributed by atoms with Gasteiger partial charge in [-0.1, -0.05) is 36.4 Å². The lowest BCUT2D eigenvalue weighted by Crippen LogP contribution is -2.53. The maximum absolute atomic E-state index is 14.4. The predicted octanol–water partition coefficient (Wildman–Crippen LogP) is 4.76. The van der Waals surface area contributed by atoms with Crippen LogP contribution < -0.4 is 10.6 Å². The Kier molecular flexibility index (Phi) is 7.67. The zero-order valence-corrected chi connectivity index (χ0v) is 20.9. The standard InChI is InChI=1S/C25H29F4N3O3S/c1-23(2,26)14-20(22(33)32-24(15-30)12-13-24)31-21(25(27,28)29)18-6-4-16(5-7-18)17-8-10-19(11-9-17)36(3,34)35/h4-11,15,20-21,30-31H,12-14H2,1-3H3,(H,32,33)/t20-,21-/m0/s1. The van der Waals surface area contributed by atoms with Gasteiger partial charge in [-0.25, -0.2) is 12.8 Å².